The first-order valence-corrected chi connectivity index (χ1v) is 7.39. The molecule has 7 heteroatoms. The minimum atomic E-state index is -0.930. The summed E-state index contributed by atoms with van der Waals surface area (Å²) in [6.45, 7) is 0. The molecule has 0 bridgehead atoms. The predicted molar refractivity (Wildman–Crippen MR) is 86.1 cm³/mol. The van der Waals surface area contributed by atoms with E-state index in [0.717, 1.165) is 9.64 Å². The first-order chi connectivity index (χ1) is 9.49. The highest BCUT2D eigenvalue weighted by atomic mass is 127. The molecule has 0 saturated carbocycles. The fraction of sp³-hybridized carbons (Fsp3) is 0. The SMILES string of the molecule is Fc1ccc2[nH]c(=S)n(-c3ccc(Cl)cc3I)c2c1F. The third-order valence-electron chi connectivity index (χ3n) is 2.89. The fourth-order valence-electron chi connectivity index (χ4n) is 2.02. The minimum absolute atomic E-state index is 0.0928. The van der Waals surface area contributed by atoms with Gasteiger partial charge in [0.1, 0.15) is 5.52 Å². The third-order valence-corrected chi connectivity index (χ3v) is 4.27. The Balaban J connectivity index is 2.44. The molecular formula is C13H6ClF2IN2S. The maximum atomic E-state index is 14.1. The number of hydrogen-bond acceptors (Lipinski definition) is 1. The highest BCUT2D eigenvalue weighted by molar-refractivity contribution is 14.1. The monoisotopic (exact) mass is 422 g/mol. The first kappa shape index (κ1) is 14.0. The first-order valence-electron chi connectivity index (χ1n) is 5.53. The molecule has 3 aromatic rings. The second kappa shape index (κ2) is 5.09. The van der Waals surface area contributed by atoms with Gasteiger partial charge < -0.3 is 4.98 Å². The molecule has 0 spiro atoms. The second-order valence-corrected chi connectivity index (χ2v) is 6.10. The van der Waals surface area contributed by atoms with Gasteiger partial charge in [0.15, 0.2) is 16.4 Å². The molecule has 0 aliphatic rings. The van der Waals surface area contributed by atoms with Gasteiger partial charge in [-0.05, 0) is 65.1 Å². The van der Waals surface area contributed by atoms with E-state index >= 15 is 0 Å². The van der Waals surface area contributed by atoms with Crippen molar-refractivity contribution in [1.29, 1.82) is 0 Å². The van der Waals surface area contributed by atoms with Crippen LogP contribution in [0.4, 0.5) is 8.78 Å². The number of fused-ring (bicyclic) bond motifs is 1. The topological polar surface area (TPSA) is 20.7 Å². The molecule has 1 heterocycles. The Bertz CT molecular complexity index is 888. The van der Waals surface area contributed by atoms with Crippen LogP contribution >= 0.6 is 46.4 Å². The summed E-state index contributed by atoms with van der Waals surface area (Å²) in [5.41, 5.74) is 1.19. The molecule has 0 unspecified atom stereocenters. The van der Waals surface area contributed by atoms with Crippen molar-refractivity contribution in [3.05, 3.63) is 55.3 Å². The molecule has 20 heavy (non-hydrogen) atoms. The van der Waals surface area contributed by atoms with E-state index in [4.69, 9.17) is 23.8 Å². The Hall–Kier alpha value is -0.990. The van der Waals surface area contributed by atoms with Crippen LogP contribution in [0.3, 0.4) is 0 Å². The number of aromatic nitrogens is 2. The van der Waals surface area contributed by atoms with E-state index in [1.807, 2.05) is 0 Å². The standard InChI is InChI=1S/C13H6ClF2IN2S/c14-6-1-4-10(8(17)5-6)19-12-9(18-13(19)20)3-2-7(15)11(12)16/h1-5H,(H,18,20). The van der Waals surface area contributed by atoms with Gasteiger partial charge in [-0.25, -0.2) is 8.78 Å². The summed E-state index contributed by atoms with van der Waals surface area (Å²) >= 11 is 13.2. The van der Waals surface area contributed by atoms with Crippen LogP contribution in [0.5, 0.6) is 0 Å². The molecule has 1 N–H and O–H groups in total. The molecule has 2 aromatic carbocycles. The second-order valence-electron chi connectivity index (χ2n) is 4.12. The molecule has 0 atom stereocenters. The lowest BCUT2D eigenvalue weighted by Gasteiger charge is -2.08. The summed E-state index contributed by atoms with van der Waals surface area (Å²) in [5, 5.41) is 0.566. The lowest BCUT2D eigenvalue weighted by atomic mass is 10.2. The summed E-state index contributed by atoms with van der Waals surface area (Å²) in [7, 11) is 0. The Labute approximate surface area is 136 Å². The number of halogens is 4. The average molecular weight is 423 g/mol. The van der Waals surface area contributed by atoms with Crippen molar-refractivity contribution in [2.24, 2.45) is 0 Å². The maximum Gasteiger partial charge on any atom is 0.184 e. The van der Waals surface area contributed by atoms with E-state index in [1.54, 1.807) is 18.2 Å². The Morgan fingerprint density at radius 1 is 1.20 bits per heavy atom. The Kier molecular flexibility index (Phi) is 3.55. The zero-order valence-electron chi connectivity index (χ0n) is 9.75. The lowest BCUT2D eigenvalue weighted by Crippen LogP contribution is -1.99. The number of benzene rings is 2. The lowest BCUT2D eigenvalue weighted by molar-refractivity contribution is 0.514. The fourth-order valence-corrected chi connectivity index (χ4v) is 3.44. The van der Waals surface area contributed by atoms with Crippen LogP contribution in [0.1, 0.15) is 0 Å². The van der Waals surface area contributed by atoms with Crippen molar-refractivity contribution in [3.63, 3.8) is 0 Å². The van der Waals surface area contributed by atoms with Crippen molar-refractivity contribution in [2.45, 2.75) is 0 Å². The highest BCUT2D eigenvalue weighted by Crippen LogP contribution is 2.28. The number of rotatable bonds is 1. The number of imidazole rings is 1. The van der Waals surface area contributed by atoms with Crippen molar-refractivity contribution >= 4 is 57.4 Å². The van der Waals surface area contributed by atoms with E-state index in [1.165, 1.54) is 10.6 Å². The quantitative estimate of drug-likeness (QED) is 0.421. The van der Waals surface area contributed by atoms with Crippen LogP contribution in [-0.4, -0.2) is 9.55 Å². The van der Waals surface area contributed by atoms with Gasteiger partial charge >= 0.3 is 0 Å². The molecule has 0 fully saturated rings. The van der Waals surface area contributed by atoms with E-state index in [0.29, 0.717) is 21.0 Å². The third kappa shape index (κ3) is 2.15. The van der Waals surface area contributed by atoms with E-state index in [9.17, 15) is 8.78 Å². The molecule has 2 nitrogen and oxygen atoms in total. The van der Waals surface area contributed by atoms with Gasteiger partial charge in [0.05, 0.1) is 11.2 Å². The number of H-pyrrole nitrogens is 1. The van der Waals surface area contributed by atoms with Crippen molar-refractivity contribution in [2.75, 3.05) is 0 Å². The number of nitrogens with one attached hydrogen (secondary N) is 1. The van der Waals surface area contributed by atoms with Crippen LogP contribution in [0.15, 0.2) is 30.3 Å². The van der Waals surface area contributed by atoms with Crippen molar-refractivity contribution in [1.82, 2.24) is 9.55 Å². The molecule has 0 aliphatic heterocycles. The van der Waals surface area contributed by atoms with Crippen molar-refractivity contribution < 1.29 is 8.78 Å². The smallest absolute Gasteiger partial charge is 0.184 e. The molecule has 102 valence electrons. The normalized spacial score (nSPS) is 11.2. The number of aromatic amines is 1. The van der Waals surface area contributed by atoms with Gasteiger partial charge in [0, 0.05) is 8.59 Å². The number of nitrogens with zero attached hydrogens (tertiary/aromatic N) is 1. The molecule has 0 amide bonds. The molecule has 0 saturated heterocycles. The summed E-state index contributed by atoms with van der Waals surface area (Å²) in [5.74, 6) is -1.84. The van der Waals surface area contributed by atoms with Gasteiger partial charge in [-0.3, -0.25) is 4.57 Å². The zero-order valence-corrected chi connectivity index (χ0v) is 13.5. The van der Waals surface area contributed by atoms with Crippen LogP contribution in [-0.2, 0) is 0 Å². The Morgan fingerprint density at radius 3 is 2.65 bits per heavy atom. The molecule has 0 radical (unpaired) electrons. The summed E-state index contributed by atoms with van der Waals surface area (Å²) in [6, 6.07) is 7.66. The van der Waals surface area contributed by atoms with Crippen LogP contribution in [0.2, 0.25) is 5.02 Å². The summed E-state index contributed by atoms with van der Waals surface area (Å²) in [6.07, 6.45) is 0. The van der Waals surface area contributed by atoms with Gasteiger partial charge in [-0.15, -0.1) is 0 Å². The molecular weight excluding hydrogens is 417 g/mol. The van der Waals surface area contributed by atoms with Gasteiger partial charge in [-0.1, -0.05) is 11.6 Å². The average Bonchev–Trinajstić information content (AvgIpc) is 2.72. The van der Waals surface area contributed by atoms with E-state index in [2.05, 4.69) is 27.6 Å². The van der Waals surface area contributed by atoms with Gasteiger partial charge in [0.2, 0.25) is 0 Å². The van der Waals surface area contributed by atoms with Gasteiger partial charge in [0.25, 0.3) is 0 Å². The highest BCUT2D eigenvalue weighted by Gasteiger charge is 2.16. The minimum Gasteiger partial charge on any atom is -0.330 e. The predicted octanol–water partition coefficient (Wildman–Crippen LogP) is 5.22. The van der Waals surface area contributed by atoms with E-state index in [-0.39, 0.29) is 5.52 Å². The largest absolute Gasteiger partial charge is 0.330 e. The van der Waals surface area contributed by atoms with Gasteiger partial charge in [-0.2, -0.15) is 0 Å². The molecule has 3 rings (SSSR count). The van der Waals surface area contributed by atoms with E-state index < -0.39 is 11.6 Å². The van der Waals surface area contributed by atoms with Crippen LogP contribution < -0.4 is 0 Å². The Morgan fingerprint density at radius 2 is 1.95 bits per heavy atom. The zero-order chi connectivity index (χ0) is 14.4. The van der Waals surface area contributed by atoms with Crippen molar-refractivity contribution in [3.8, 4) is 5.69 Å². The summed E-state index contributed by atoms with van der Waals surface area (Å²) in [4.78, 5) is 2.87. The molecule has 0 aliphatic carbocycles. The van der Waals surface area contributed by atoms with Crippen LogP contribution in [0.25, 0.3) is 16.7 Å². The number of hydrogen-bond donors (Lipinski definition) is 1. The molecule has 1 aromatic heterocycles. The summed E-state index contributed by atoms with van der Waals surface area (Å²) < 4.78 is 30.1. The van der Waals surface area contributed by atoms with Crippen LogP contribution in [0, 0.1) is 20.0 Å². The maximum absolute atomic E-state index is 14.1.